The van der Waals surface area contributed by atoms with E-state index >= 15 is 0 Å². The highest BCUT2D eigenvalue weighted by Gasteiger charge is 2.57. The van der Waals surface area contributed by atoms with Gasteiger partial charge < -0.3 is 14.9 Å². The van der Waals surface area contributed by atoms with Crippen LogP contribution >= 0.6 is 11.8 Å². The second-order valence-corrected chi connectivity index (χ2v) is 11.0. The molecule has 1 amide bonds. The molecule has 0 radical (unpaired) electrons. The lowest BCUT2D eigenvalue weighted by Crippen LogP contribution is -2.65. The Hall–Kier alpha value is -1.01. The maximum absolute atomic E-state index is 13.2. The molecule has 2 unspecified atom stereocenters. The molecule has 2 atom stereocenters. The van der Waals surface area contributed by atoms with E-state index < -0.39 is 5.60 Å². The van der Waals surface area contributed by atoms with Crippen molar-refractivity contribution < 1.29 is 14.4 Å². The van der Waals surface area contributed by atoms with E-state index in [1.54, 1.807) is 11.8 Å². The molecule has 5 nitrogen and oxygen atoms in total. The zero-order valence-electron chi connectivity index (χ0n) is 16.1. The van der Waals surface area contributed by atoms with E-state index in [2.05, 4.69) is 10.5 Å². The molecule has 1 aromatic heterocycles. The van der Waals surface area contributed by atoms with Gasteiger partial charge in [-0.3, -0.25) is 4.79 Å². The Morgan fingerprint density at radius 2 is 1.89 bits per heavy atom. The fourth-order valence-corrected chi connectivity index (χ4v) is 8.00. The number of amides is 1. The maximum atomic E-state index is 13.2. The first-order valence-corrected chi connectivity index (χ1v) is 11.5. The third-order valence-electron chi connectivity index (χ3n) is 7.26. The number of nitrogens with zero attached hydrogens (tertiary/aromatic N) is 1. The van der Waals surface area contributed by atoms with Gasteiger partial charge in [-0.2, -0.15) is 0 Å². The topological polar surface area (TPSA) is 75.4 Å². The number of hydrogen-bond acceptors (Lipinski definition) is 5. The van der Waals surface area contributed by atoms with Gasteiger partial charge >= 0.3 is 0 Å². The van der Waals surface area contributed by atoms with Crippen molar-refractivity contribution in [3.05, 3.63) is 11.5 Å². The Balaban J connectivity index is 1.34. The fraction of sp³-hybridized carbons (Fsp3) is 0.810. The van der Waals surface area contributed by atoms with Gasteiger partial charge in [-0.15, -0.1) is 11.8 Å². The van der Waals surface area contributed by atoms with Crippen LogP contribution in [0.4, 0.5) is 0 Å². The van der Waals surface area contributed by atoms with Crippen LogP contribution < -0.4 is 5.32 Å². The molecule has 5 saturated carbocycles. The van der Waals surface area contributed by atoms with Crippen molar-refractivity contribution in [3.63, 3.8) is 0 Å². The van der Waals surface area contributed by atoms with Gasteiger partial charge in [0.1, 0.15) is 0 Å². The van der Waals surface area contributed by atoms with Gasteiger partial charge in [0, 0.05) is 10.8 Å². The van der Waals surface area contributed by atoms with Crippen molar-refractivity contribution >= 4 is 17.7 Å². The predicted octanol–water partition coefficient (Wildman–Crippen LogP) is 4.22. The smallest absolute Gasteiger partial charge is 0.291 e. The summed E-state index contributed by atoms with van der Waals surface area (Å²) in [6.45, 7) is 1.93. The van der Waals surface area contributed by atoms with Crippen LogP contribution in [0.25, 0.3) is 0 Å². The molecule has 5 aliphatic rings. The summed E-state index contributed by atoms with van der Waals surface area (Å²) in [5.41, 5.74) is -0.0162. The van der Waals surface area contributed by atoms with Gasteiger partial charge in [0.05, 0.1) is 16.2 Å². The number of hydrogen-bond donors (Lipinski definition) is 2. The Morgan fingerprint density at radius 3 is 2.56 bits per heavy atom. The molecular weight excluding hydrogens is 360 g/mol. The van der Waals surface area contributed by atoms with Gasteiger partial charge in [0.15, 0.2) is 0 Å². The van der Waals surface area contributed by atoms with Crippen molar-refractivity contribution in [2.45, 2.75) is 98.8 Å². The van der Waals surface area contributed by atoms with E-state index in [1.165, 1.54) is 38.5 Å². The molecule has 6 rings (SSSR count). The van der Waals surface area contributed by atoms with E-state index in [-0.39, 0.29) is 11.4 Å². The second kappa shape index (κ2) is 6.51. The Bertz CT molecular complexity index is 726. The van der Waals surface area contributed by atoms with Gasteiger partial charge in [-0.1, -0.05) is 24.4 Å². The van der Waals surface area contributed by atoms with Gasteiger partial charge in [0.2, 0.25) is 5.76 Å². The van der Waals surface area contributed by atoms with Gasteiger partial charge in [0.25, 0.3) is 5.91 Å². The molecule has 148 valence electrons. The summed E-state index contributed by atoms with van der Waals surface area (Å²) in [5, 5.41) is 18.9. The third-order valence-corrected chi connectivity index (χ3v) is 8.78. The average molecular weight is 391 g/mol. The largest absolute Gasteiger partial charge is 0.390 e. The van der Waals surface area contributed by atoms with Crippen LogP contribution in [0.5, 0.6) is 0 Å². The van der Waals surface area contributed by atoms with Crippen LogP contribution in [0, 0.1) is 18.8 Å². The number of thioether (sulfide) groups is 1. The molecule has 6 heteroatoms. The third kappa shape index (κ3) is 3.33. The molecule has 27 heavy (non-hydrogen) atoms. The Morgan fingerprint density at radius 1 is 1.19 bits per heavy atom. The van der Waals surface area contributed by atoms with Crippen molar-refractivity contribution in [3.8, 4) is 0 Å². The van der Waals surface area contributed by atoms with Crippen molar-refractivity contribution in [2.75, 3.05) is 0 Å². The summed E-state index contributed by atoms with van der Waals surface area (Å²) >= 11 is 1.78. The number of aryl methyl sites for hydroxylation is 1. The van der Waals surface area contributed by atoms with Crippen LogP contribution in [-0.4, -0.2) is 32.6 Å². The zero-order valence-corrected chi connectivity index (χ0v) is 16.9. The van der Waals surface area contributed by atoms with E-state index in [0.29, 0.717) is 29.3 Å². The highest BCUT2D eigenvalue weighted by Crippen LogP contribution is 2.57. The highest BCUT2D eigenvalue weighted by molar-refractivity contribution is 8.00. The summed E-state index contributed by atoms with van der Waals surface area (Å²) in [4.78, 5) is 14.1. The van der Waals surface area contributed by atoms with Gasteiger partial charge in [-0.25, -0.2) is 0 Å². The zero-order chi connectivity index (χ0) is 18.6. The SMILES string of the molecule is Cc1noc(C(=O)NC23CC4CC(CC(O)(C4)C2)C3)c1SC1CCCCC1. The molecular formula is C21H30N2O3S. The minimum Gasteiger partial charge on any atom is -0.390 e. The maximum Gasteiger partial charge on any atom is 0.291 e. The predicted molar refractivity (Wildman–Crippen MR) is 104 cm³/mol. The van der Waals surface area contributed by atoms with E-state index in [4.69, 9.17) is 4.52 Å². The van der Waals surface area contributed by atoms with Crippen molar-refractivity contribution in [2.24, 2.45) is 11.8 Å². The highest BCUT2D eigenvalue weighted by atomic mass is 32.2. The summed E-state index contributed by atoms with van der Waals surface area (Å²) < 4.78 is 5.49. The average Bonchev–Trinajstić information content (AvgIpc) is 2.94. The number of nitrogens with one attached hydrogen (secondary N) is 1. The lowest BCUT2D eigenvalue weighted by atomic mass is 9.51. The number of aliphatic hydroxyl groups is 1. The van der Waals surface area contributed by atoms with Crippen LogP contribution in [-0.2, 0) is 0 Å². The summed E-state index contributed by atoms with van der Waals surface area (Å²) in [6.07, 6.45) is 12.0. The number of aromatic nitrogens is 1. The molecule has 0 spiro atoms. The lowest BCUT2D eigenvalue weighted by molar-refractivity contribution is -0.139. The van der Waals surface area contributed by atoms with Gasteiger partial charge in [-0.05, 0) is 70.1 Å². The first-order valence-electron chi connectivity index (χ1n) is 10.6. The number of carbonyl (C=O) groups is 1. The monoisotopic (exact) mass is 390 g/mol. The standard InChI is InChI=1S/C21H30N2O3S/c1-13-18(27-16-5-3-2-4-6-16)17(26-23-13)19(24)22-20-8-14-7-15(9-20)11-21(25,10-14)12-20/h14-16,25H,2-12H2,1H3,(H,22,24). The minimum atomic E-state index is -0.575. The second-order valence-electron chi connectivity index (χ2n) is 9.72. The van der Waals surface area contributed by atoms with Crippen LogP contribution in [0.1, 0.15) is 86.9 Å². The molecule has 1 aromatic rings. The van der Waals surface area contributed by atoms with E-state index in [1.807, 2.05) is 6.92 Å². The molecule has 0 saturated heterocycles. The van der Waals surface area contributed by atoms with E-state index in [0.717, 1.165) is 36.3 Å². The van der Waals surface area contributed by atoms with Crippen molar-refractivity contribution in [1.29, 1.82) is 0 Å². The quantitative estimate of drug-likeness (QED) is 0.805. The lowest BCUT2D eigenvalue weighted by Gasteiger charge is -2.60. The minimum absolute atomic E-state index is 0.139. The molecule has 0 aromatic carbocycles. The first kappa shape index (κ1) is 18.0. The van der Waals surface area contributed by atoms with E-state index in [9.17, 15) is 9.90 Å². The summed E-state index contributed by atoms with van der Waals surface area (Å²) in [6, 6.07) is 0. The fourth-order valence-electron chi connectivity index (χ4n) is 6.65. The Labute approximate surface area is 165 Å². The van der Waals surface area contributed by atoms with Crippen LogP contribution in [0.15, 0.2) is 9.42 Å². The molecule has 1 heterocycles. The van der Waals surface area contributed by atoms with Crippen LogP contribution in [0.2, 0.25) is 0 Å². The molecule has 5 fully saturated rings. The molecule has 2 N–H and O–H groups in total. The summed E-state index contributed by atoms with van der Waals surface area (Å²) in [5.74, 6) is 1.33. The van der Waals surface area contributed by atoms with Crippen molar-refractivity contribution in [1.82, 2.24) is 10.5 Å². The number of rotatable bonds is 4. The normalized spacial score (nSPS) is 38.3. The first-order chi connectivity index (χ1) is 12.9. The molecule has 0 aliphatic heterocycles. The summed E-state index contributed by atoms with van der Waals surface area (Å²) in [7, 11) is 0. The molecule has 5 aliphatic carbocycles. The van der Waals surface area contributed by atoms with Crippen LogP contribution in [0.3, 0.4) is 0 Å². The number of carbonyl (C=O) groups excluding carboxylic acids is 1. The Kier molecular flexibility index (Phi) is 4.35. The molecule has 4 bridgehead atoms.